The van der Waals surface area contributed by atoms with Crippen LogP contribution in [0, 0.1) is 0 Å². The molecule has 2 aliphatic rings. The van der Waals surface area contributed by atoms with Gasteiger partial charge in [0, 0.05) is 6.04 Å². The van der Waals surface area contributed by atoms with Crippen LogP contribution in [0.15, 0.2) is 24.3 Å². The molecule has 1 aromatic rings. The van der Waals surface area contributed by atoms with Crippen molar-refractivity contribution in [1.29, 1.82) is 0 Å². The molecular weight excluding hydrogens is 222 g/mol. The average Bonchev–Trinajstić information content (AvgIpc) is 3.24. The third-order valence-electron chi connectivity index (χ3n) is 3.84. The van der Waals surface area contributed by atoms with Gasteiger partial charge in [-0.1, -0.05) is 19.1 Å². The van der Waals surface area contributed by atoms with E-state index in [1.165, 1.54) is 37.7 Å². The molecule has 2 saturated carbocycles. The Morgan fingerprint density at radius 3 is 2.83 bits per heavy atom. The molecule has 1 atom stereocenters. The summed E-state index contributed by atoms with van der Waals surface area (Å²) >= 11 is 0. The van der Waals surface area contributed by atoms with Crippen molar-refractivity contribution < 1.29 is 4.74 Å². The van der Waals surface area contributed by atoms with Gasteiger partial charge < -0.3 is 10.1 Å². The van der Waals surface area contributed by atoms with Crippen molar-refractivity contribution in [2.24, 2.45) is 0 Å². The van der Waals surface area contributed by atoms with Crippen LogP contribution in [0.1, 0.15) is 50.5 Å². The van der Waals surface area contributed by atoms with E-state index in [0.717, 1.165) is 18.3 Å². The van der Waals surface area contributed by atoms with E-state index in [2.05, 4.69) is 36.5 Å². The molecule has 0 saturated heterocycles. The van der Waals surface area contributed by atoms with Crippen molar-refractivity contribution in [3.05, 3.63) is 29.8 Å². The second-order valence-corrected chi connectivity index (χ2v) is 5.81. The van der Waals surface area contributed by atoms with Crippen LogP contribution in [0.2, 0.25) is 0 Å². The van der Waals surface area contributed by atoms with Crippen molar-refractivity contribution in [3.63, 3.8) is 0 Å². The Labute approximate surface area is 110 Å². The summed E-state index contributed by atoms with van der Waals surface area (Å²) in [7, 11) is 0. The van der Waals surface area contributed by atoms with Crippen molar-refractivity contribution in [2.75, 3.05) is 6.54 Å². The van der Waals surface area contributed by atoms with Gasteiger partial charge in [-0.05, 0) is 62.3 Å². The van der Waals surface area contributed by atoms with E-state index in [9.17, 15) is 0 Å². The number of ether oxygens (including phenoxy) is 1. The Morgan fingerprint density at radius 1 is 1.28 bits per heavy atom. The number of hydrogen-bond acceptors (Lipinski definition) is 2. The molecule has 3 rings (SSSR count). The molecule has 98 valence electrons. The molecule has 0 aromatic heterocycles. The van der Waals surface area contributed by atoms with E-state index in [0.29, 0.717) is 12.0 Å². The third kappa shape index (κ3) is 3.49. The van der Waals surface area contributed by atoms with Crippen LogP contribution >= 0.6 is 0 Å². The molecule has 2 heteroatoms. The predicted octanol–water partition coefficient (Wildman–Crippen LogP) is 3.47. The lowest BCUT2D eigenvalue weighted by molar-refractivity contribution is 0.302. The Morgan fingerprint density at radius 2 is 2.11 bits per heavy atom. The van der Waals surface area contributed by atoms with Crippen LogP contribution in [-0.4, -0.2) is 18.7 Å². The number of rotatable bonds is 7. The topological polar surface area (TPSA) is 21.3 Å². The zero-order valence-corrected chi connectivity index (χ0v) is 11.2. The second kappa shape index (κ2) is 5.31. The van der Waals surface area contributed by atoms with Crippen LogP contribution in [0.25, 0.3) is 0 Å². The molecule has 0 radical (unpaired) electrons. The van der Waals surface area contributed by atoms with Gasteiger partial charge in [-0.2, -0.15) is 0 Å². The molecule has 1 aromatic carbocycles. The number of nitrogens with one attached hydrogen (secondary N) is 1. The maximum atomic E-state index is 5.85. The van der Waals surface area contributed by atoms with Crippen LogP contribution in [0.3, 0.4) is 0 Å². The van der Waals surface area contributed by atoms with E-state index in [4.69, 9.17) is 4.74 Å². The lowest BCUT2D eigenvalue weighted by Gasteiger charge is -2.14. The number of benzene rings is 1. The molecule has 1 N–H and O–H groups in total. The highest BCUT2D eigenvalue weighted by atomic mass is 16.5. The fourth-order valence-electron chi connectivity index (χ4n) is 2.23. The van der Waals surface area contributed by atoms with Crippen molar-refractivity contribution in [2.45, 2.75) is 57.1 Å². The summed E-state index contributed by atoms with van der Waals surface area (Å²) in [6, 6.07) is 9.47. The maximum Gasteiger partial charge on any atom is 0.119 e. The summed E-state index contributed by atoms with van der Waals surface area (Å²) in [5.74, 6) is 1.66. The fourth-order valence-corrected chi connectivity index (χ4v) is 2.23. The first kappa shape index (κ1) is 12.0. The highest BCUT2D eigenvalue weighted by Gasteiger charge is 2.23. The highest BCUT2D eigenvalue weighted by molar-refractivity contribution is 5.31. The second-order valence-electron chi connectivity index (χ2n) is 5.81. The van der Waals surface area contributed by atoms with Crippen molar-refractivity contribution in [3.8, 4) is 5.75 Å². The summed E-state index contributed by atoms with van der Waals surface area (Å²) in [4.78, 5) is 0. The standard InChI is InChI=1S/C16H23NO/c1-12(9-10-17-14-5-6-14)13-3-2-4-16(11-13)18-15-7-8-15/h2-4,11-12,14-15,17H,5-10H2,1H3. The fraction of sp³-hybridized carbons (Fsp3) is 0.625. The smallest absolute Gasteiger partial charge is 0.119 e. The van der Waals surface area contributed by atoms with Crippen LogP contribution in [0.4, 0.5) is 0 Å². The summed E-state index contributed by atoms with van der Waals surface area (Å²) in [6.07, 6.45) is 6.91. The van der Waals surface area contributed by atoms with Gasteiger partial charge in [0.2, 0.25) is 0 Å². The van der Waals surface area contributed by atoms with E-state index >= 15 is 0 Å². The largest absolute Gasteiger partial charge is 0.490 e. The molecule has 1 unspecified atom stereocenters. The quantitative estimate of drug-likeness (QED) is 0.794. The SMILES string of the molecule is CC(CCNC1CC1)c1cccc(OC2CC2)c1. The average molecular weight is 245 g/mol. The minimum Gasteiger partial charge on any atom is -0.490 e. The minimum absolute atomic E-state index is 0.493. The molecule has 2 nitrogen and oxygen atoms in total. The molecule has 0 aliphatic heterocycles. The van der Waals surface area contributed by atoms with Gasteiger partial charge in [-0.25, -0.2) is 0 Å². The van der Waals surface area contributed by atoms with Crippen LogP contribution < -0.4 is 10.1 Å². The lowest BCUT2D eigenvalue weighted by Crippen LogP contribution is -2.18. The zero-order chi connectivity index (χ0) is 12.4. The van der Waals surface area contributed by atoms with Gasteiger partial charge in [0.15, 0.2) is 0 Å². The molecule has 0 bridgehead atoms. The van der Waals surface area contributed by atoms with Crippen molar-refractivity contribution in [1.82, 2.24) is 5.32 Å². The van der Waals surface area contributed by atoms with Crippen LogP contribution in [0.5, 0.6) is 5.75 Å². The first-order chi connectivity index (χ1) is 8.81. The predicted molar refractivity (Wildman–Crippen MR) is 74.1 cm³/mol. The van der Waals surface area contributed by atoms with E-state index in [-0.39, 0.29) is 0 Å². The molecule has 2 fully saturated rings. The maximum absolute atomic E-state index is 5.85. The molecule has 0 spiro atoms. The van der Waals surface area contributed by atoms with Gasteiger partial charge in [0.1, 0.15) is 5.75 Å². The number of hydrogen-bond donors (Lipinski definition) is 1. The van der Waals surface area contributed by atoms with Crippen LogP contribution in [-0.2, 0) is 0 Å². The Kier molecular flexibility index (Phi) is 3.55. The Balaban J connectivity index is 1.51. The van der Waals surface area contributed by atoms with E-state index in [1.807, 2.05) is 0 Å². The monoisotopic (exact) mass is 245 g/mol. The summed E-state index contributed by atoms with van der Waals surface area (Å²) in [5.41, 5.74) is 1.41. The minimum atomic E-state index is 0.493. The van der Waals surface area contributed by atoms with E-state index in [1.54, 1.807) is 0 Å². The molecule has 0 heterocycles. The first-order valence-corrected chi connectivity index (χ1v) is 7.31. The van der Waals surface area contributed by atoms with E-state index < -0.39 is 0 Å². The normalized spacial score (nSPS) is 20.7. The van der Waals surface area contributed by atoms with Gasteiger partial charge in [0.25, 0.3) is 0 Å². The zero-order valence-electron chi connectivity index (χ0n) is 11.2. The third-order valence-corrected chi connectivity index (χ3v) is 3.84. The van der Waals surface area contributed by atoms with Gasteiger partial charge in [0.05, 0.1) is 6.10 Å². The van der Waals surface area contributed by atoms with Gasteiger partial charge >= 0.3 is 0 Å². The molecular formula is C16H23NO. The van der Waals surface area contributed by atoms with Gasteiger partial charge in [-0.3, -0.25) is 0 Å². The summed E-state index contributed by atoms with van der Waals surface area (Å²) in [5, 5.41) is 3.58. The summed E-state index contributed by atoms with van der Waals surface area (Å²) in [6.45, 7) is 3.45. The Hall–Kier alpha value is -1.02. The highest BCUT2D eigenvalue weighted by Crippen LogP contribution is 2.29. The van der Waals surface area contributed by atoms with Crippen molar-refractivity contribution >= 4 is 0 Å². The first-order valence-electron chi connectivity index (χ1n) is 7.31. The van der Waals surface area contributed by atoms with Gasteiger partial charge in [-0.15, -0.1) is 0 Å². The molecule has 0 amide bonds. The summed E-state index contributed by atoms with van der Waals surface area (Å²) < 4.78 is 5.85. The molecule has 18 heavy (non-hydrogen) atoms. The lowest BCUT2D eigenvalue weighted by atomic mass is 9.97. The molecule has 2 aliphatic carbocycles. The Bertz CT molecular complexity index is 396.